The van der Waals surface area contributed by atoms with E-state index in [-0.39, 0.29) is 19.8 Å². The molecule has 14 nitrogen and oxygen atoms in total. The first-order valence-corrected chi connectivity index (χ1v) is 9.21. The topological polar surface area (TPSA) is 206 Å². The maximum absolute atomic E-state index is 12.6. The quantitative estimate of drug-likeness (QED) is 0.195. The maximum Gasteiger partial charge on any atom is 0.400 e. The zero-order chi connectivity index (χ0) is 25.1. The molecule has 2 N–H and O–H groups in total. The number of ether oxygens (including phenoxy) is 5. The Labute approximate surface area is 181 Å². The van der Waals surface area contributed by atoms with E-state index in [1.54, 1.807) is 0 Å². The molecule has 0 radical (unpaired) electrons. The van der Waals surface area contributed by atoms with Crippen LogP contribution in [0.3, 0.4) is 0 Å². The number of hydrogen-bond acceptors (Lipinski definition) is 12. The van der Waals surface area contributed by atoms with Crippen LogP contribution < -0.4 is 0 Å². The number of aliphatic carboxylic acids is 2. The van der Waals surface area contributed by atoms with Gasteiger partial charge in [-0.3, -0.25) is 14.4 Å². The van der Waals surface area contributed by atoms with Crippen molar-refractivity contribution < 1.29 is 67.5 Å². The lowest BCUT2D eigenvalue weighted by Gasteiger charge is -2.30. The van der Waals surface area contributed by atoms with E-state index < -0.39 is 65.8 Å². The van der Waals surface area contributed by atoms with Gasteiger partial charge >= 0.3 is 47.4 Å². The molecule has 1 atom stereocenters. The second-order valence-electron chi connectivity index (χ2n) is 5.96. The van der Waals surface area contributed by atoms with Crippen LogP contribution in [0.15, 0.2) is 0 Å². The van der Waals surface area contributed by atoms with Crippen molar-refractivity contribution in [1.29, 1.82) is 0 Å². The summed E-state index contributed by atoms with van der Waals surface area (Å²) in [6.45, 7) is 3.57. The largest absolute Gasteiger partial charge is 0.481 e. The van der Waals surface area contributed by atoms with Crippen molar-refractivity contribution in [3.63, 3.8) is 0 Å². The minimum absolute atomic E-state index is 0.373. The molecule has 0 aliphatic rings. The van der Waals surface area contributed by atoms with Gasteiger partial charge in [0.25, 0.3) is 0 Å². The Kier molecular flexibility index (Phi) is 10.8. The maximum atomic E-state index is 12.6. The Morgan fingerprint density at radius 2 is 1.09 bits per heavy atom. The van der Waals surface area contributed by atoms with Crippen molar-refractivity contribution in [2.75, 3.05) is 19.8 Å². The Morgan fingerprint density at radius 1 is 0.688 bits per heavy atom. The lowest BCUT2D eigenvalue weighted by Crippen LogP contribution is -2.60. The Hall–Kier alpha value is -3.71. The summed E-state index contributed by atoms with van der Waals surface area (Å²) >= 11 is 0. The molecule has 0 saturated heterocycles. The van der Waals surface area contributed by atoms with Crippen molar-refractivity contribution >= 4 is 41.8 Å². The van der Waals surface area contributed by atoms with Crippen molar-refractivity contribution in [2.45, 2.75) is 51.7 Å². The number of carbonyl (C=O) groups is 7. The van der Waals surface area contributed by atoms with Gasteiger partial charge in [0.1, 0.15) is 0 Å². The zero-order valence-corrected chi connectivity index (χ0v) is 17.8. The summed E-state index contributed by atoms with van der Waals surface area (Å²) in [6, 6.07) is 0. The predicted molar refractivity (Wildman–Crippen MR) is 97.7 cm³/mol. The summed E-state index contributed by atoms with van der Waals surface area (Å²) in [5.74, 6) is -11.9. The Morgan fingerprint density at radius 3 is 1.38 bits per heavy atom. The zero-order valence-electron chi connectivity index (χ0n) is 17.8. The van der Waals surface area contributed by atoms with Gasteiger partial charge in [0.05, 0.1) is 32.7 Å². The molecule has 0 spiro atoms. The first kappa shape index (κ1) is 28.3. The van der Waals surface area contributed by atoms with Gasteiger partial charge in [0, 0.05) is 6.92 Å². The van der Waals surface area contributed by atoms with Crippen LogP contribution in [0.25, 0.3) is 0 Å². The van der Waals surface area contributed by atoms with E-state index in [0.29, 0.717) is 0 Å². The third-order valence-corrected chi connectivity index (χ3v) is 3.55. The summed E-state index contributed by atoms with van der Waals surface area (Å²) in [6.07, 6.45) is -2.88. The second-order valence-corrected chi connectivity index (χ2v) is 5.96. The molecule has 0 heterocycles. The van der Waals surface area contributed by atoms with Gasteiger partial charge in [-0.15, -0.1) is 0 Å². The average molecular weight is 464 g/mol. The van der Waals surface area contributed by atoms with Crippen LogP contribution in [0.1, 0.15) is 40.5 Å². The first-order chi connectivity index (χ1) is 14.8. The van der Waals surface area contributed by atoms with E-state index in [2.05, 4.69) is 18.9 Å². The molecule has 1 unspecified atom stereocenters. The highest BCUT2D eigenvalue weighted by Crippen LogP contribution is 2.27. The molecular weight excluding hydrogens is 440 g/mol. The Bertz CT molecular complexity index is 706. The number of carbonyl (C=O) groups excluding carboxylic acids is 5. The molecule has 180 valence electrons. The SMILES string of the molecule is CCOC(=O)C(OC(=O)CC(CC(=O)O)(OC(C)=O)C(=O)O)(C(=O)OCC)C(=O)OCC. The summed E-state index contributed by atoms with van der Waals surface area (Å²) < 4.78 is 23.2. The number of hydrogen-bond donors (Lipinski definition) is 2. The van der Waals surface area contributed by atoms with Crippen molar-refractivity contribution in [3.05, 3.63) is 0 Å². The summed E-state index contributed by atoms with van der Waals surface area (Å²) in [4.78, 5) is 84.2. The van der Waals surface area contributed by atoms with Gasteiger partial charge in [0.2, 0.25) is 5.60 Å². The van der Waals surface area contributed by atoms with E-state index in [9.17, 15) is 38.7 Å². The number of esters is 5. The molecule has 0 rings (SSSR count). The third kappa shape index (κ3) is 6.92. The summed E-state index contributed by atoms with van der Waals surface area (Å²) in [7, 11) is 0. The molecule has 0 fully saturated rings. The highest BCUT2D eigenvalue weighted by atomic mass is 16.7. The normalized spacial score (nSPS) is 12.5. The first-order valence-electron chi connectivity index (χ1n) is 9.21. The van der Waals surface area contributed by atoms with Gasteiger partial charge in [-0.05, 0) is 20.8 Å². The van der Waals surface area contributed by atoms with Crippen LogP contribution >= 0.6 is 0 Å². The molecule has 0 aliphatic heterocycles. The molecule has 0 saturated carbocycles. The van der Waals surface area contributed by atoms with Gasteiger partial charge in [0.15, 0.2) is 0 Å². The highest BCUT2D eigenvalue weighted by molar-refractivity contribution is 6.23. The Balaban J connectivity index is 6.42. The van der Waals surface area contributed by atoms with Crippen LogP contribution in [0, 0.1) is 0 Å². The molecule has 14 heteroatoms. The van der Waals surface area contributed by atoms with E-state index in [4.69, 9.17) is 9.84 Å². The molecular formula is C18H24O14. The fourth-order valence-electron chi connectivity index (χ4n) is 2.36. The second kappa shape index (κ2) is 12.2. The van der Waals surface area contributed by atoms with Crippen LogP contribution in [0.4, 0.5) is 0 Å². The van der Waals surface area contributed by atoms with Crippen molar-refractivity contribution in [2.24, 2.45) is 0 Å². The van der Waals surface area contributed by atoms with Crippen LogP contribution in [0.2, 0.25) is 0 Å². The minimum Gasteiger partial charge on any atom is -0.481 e. The van der Waals surface area contributed by atoms with Crippen molar-refractivity contribution in [1.82, 2.24) is 0 Å². The van der Waals surface area contributed by atoms with Gasteiger partial charge < -0.3 is 33.9 Å². The van der Waals surface area contributed by atoms with Gasteiger partial charge in [-0.25, -0.2) is 19.2 Å². The van der Waals surface area contributed by atoms with Crippen molar-refractivity contribution in [3.8, 4) is 0 Å². The minimum atomic E-state index is -3.43. The van der Waals surface area contributed by atoms with E-state index in [1.165, 1.54) is 20.8 Å². The molecule has 0 aliphatic carbocycles. The van der Waals surface area contributed by atoms with Crippen LogP contribution in [-0.2, 0) is 57.2 Å². The molecule has 0 bridgehead atoms. The monoisotopic (exact) mass is 464 g/mol. The standard InChI is InChI=1S/C18H24O14/c1-5-28-14(25)18(15(26)29-6-2,16(27)30-7-3)32-12(22)9-17(13(23)24,8-11(20)21)31-10(4)19/h5-9H2,1-4H3,(H,20,21)(H,23,24). The number of rotatable bonds is 13. The third-order valence-electron chi connectivity index (χ3n) is 3.55. The lowest BCUT2D eigenvalue weighted by atomic mass is 9.94. The lowest BCUT2D eigenvalue weighted by molar-refractivity contribution is -0.209. The molecule has 0 amide bonds. The molecule has 32 heavy (non-hydrogen) atoms. The van der Waals surface area contributed by atoms with Gasteiger partial charge in [-0.2, -0.15) is 0 Å². The van der Waals surface area contributed by atoms with Crippen LogP contribution in [-0.4, -0.2) is 83.0 Å². The predicted octanol–water partition coefficient (Wildman–Crippen LogP) is -0.791. The summed E-state index contributed by atoms with van der Waals surface area (Å²) in [5.41, 5.74) is -6.40. The molecule has 0 aromatic carbocycles. The average Bonchev–Trinajstić information content (AvgIpc) is 2.65. The highest BCUT2D eigenvalue weighted by Gasteiger charge is 2.62. The number of carboxylic acid groups (broad SMARTS) is 2. The summed E-state index contributed by atoms with van der Waals surface area (Å²) in [5, 5.41) is 18.4. The van der Waals surface area contributed by atoms with E-state index >= 15 is 0 Å². The van der Waals surface area contributed by atoms with E-state index in [0.717, 1.165) is 6.92 Å². The van der Waals surface area contributed by atoms with Crippen LogP contribution in [0.5, 0.6) is 0 Å². The molecule has 0 aromatic heterocycles. The fourth-order valence-corrected chi connectivity index (χ4v) is 2.36. The number of carboxylic acids is 2. The fraction of sp³-hybridized carbons (Fsp3) is 0.611. The molecule has 0 aromatic rings. The van der Waals surface area contributed by atoms with E-state index in [1.807, 2.05) is 0 Å². The van der Waals surface area contributed by atoms with Gasteiger partial charge in [-0.1, -0.05) is 0 Å². The smallest absolute Gasteiger partial charge is 0.400 e.